The first-order valence-corrected chi connectivity index (χ1v) is 6.44. The fourth-order valence-corrected chi connectivity index (χ4v) is 1.65. The molecule has 0 aromatic heterocycles. The van der Waals surface area contributed by atoms with Crippen LogP contribution in [0.4, 0.5) is 5.69 Å². The Labute approximate surface area is 122 Å². The third-order valence-electron chi connectivity index (χ3n) is 2.54. The summed E-state index contributed by atoms with van der Waals surface area (Å²) < 4.78 is 9.94. The first-order chi connectivity index (χ1) is 9.99. The van der Waals surface area contributed by atoms with Crippen molar-refractivity contribution in [2.75, 3.05) is 13.2 Å². The summed E-state index contributed by atoms with van der Waals surface area (Å²) in [6.45, 7) is 7.79. The lowest BCUT2D eigenvalue weighted by molar-refractivity contribution is -0.385. The summed E-state index contributed by atoms with van der Waals surface area (Å²) in [6.07, 6.45) is 2.68. The lowest BCUT2D eigenvalue weighted by Gasteiger charge is -2.08. The van der Waals surface area contributed by atoms with Gasteiger partial charge in [-0.1, -0.05) is 12.6 Å². The molecule has 0 fully saturated rings. The van der Waals surface area contributed by atoms with E-state index >= 15 is 0 Å². The van der Waals surface area contributed by atoms with Crippen LogP contribution in [0.15, 0.2) is 30.9 Å². The van der Waals surface area contributed by atoms with Crippen LogP contribution in [-0.2, 0) is 14.3 Å². The lowest BCUT2D eigenvalue weighted by atomic mass is 10.1. The molecule has 0 bridgehead atoms. The first-order valence-electron chi connectivity index (χ1n) is 6.44. The summed E-state index contributed by atoms with van der Waals surface area (Å²) in [7, 11) is 0. The minimum Gasteiger partial charge on any atom is -0.494 e. The summed E-state index contributed by atoms with van der Waals surface area (Å²) in [6, 6.07) is 4.54. The maximum absolute atomic E-state index is 11.2. The van der Waals surface area contributed by atoms with E-state index in [2.05, 4.69) is 6.58 Å². The number of carbonyl (C=O) groups excluding carboxylic acids is 1. The molecule has 0 spiro atoms. The predicted molar refractivity (Wildman–Crippen MR) is 79.4 cm³/mol. The van der Waals surface area contributed by atoms with Gasteiger partial charge in [-0.05, 0) is 31.6 Å². The Kier molecular flexibility index (Phi) is 6.13. The van der Waals surface area contributed by atoms with Crippen molar-refractivity contribution in [1.82, 2.24) is 0 Å². The van der Waals surface area contributed by atoms with E-state index in [1.165, 1.54) is 18.2 Å². The van der Waals surface area contributed by atoms with Crippen LogP contribution in [0.25, 0.3) is 11.8 Å². The summed E-state index contributed by atoms with van der Waals surface area (Å²) in [5.74, 6) is -0.256. The van der Waals surface area contributed by atoms with Crippen LogP contribution in [0.3, 0.4) is 0 Å². The summed E-state index contributed by atoms with van der Waals surface area (Å²) in [5.41, 5.74) is 0.706. The number of esters is 1. The molecule has 0 amide bonds. The highest BCUT2D eigenvalue weighted by Gasteiger charge is 2.17. The van der Waals surface area contributed by atoms with Crippen molar-refractivity contribution in [3.63, 3.8) is 0 Å². The van der Waals surface area contributed by atoms with E-state index < -0.39 is 10.9 Å². The monoisotopic (exact) mass is 291 g/mol. The van der Waals surface area contributed by atoms with Gasteiger partial charge in [0.15, 0.2) is 0 Å². The van der Waals surface area contributed by atoms with Gasteiger partial charge in [0.25, 0.3) is 5.69 Å². The van der Waals surface area contributed by atoms with Gasteiger partial charge in [-0.2, -0.15) is 0 Å². The number of nitro groups is 1. The van der Waals surface area contributed by atoms with Crippen molar-refractivity contribution in [2.45, 2.75) is 13.8 Å². The molecule has 21 heavy (non-hydrogen) atoms. The van der Waals surface area contributed by atoms with E-state index in [1.54, 1.807) is 26.0 Å². The average molecular weight is 291 g/mol. The molecule has 0 aliphatic rings. The molecule has 0 aliphatic carbocycles. The van der Waals surface area contributed by atoms with Crippen molar-refractivity contribution < 1.29 is 19.2 Å². The largest absolute Gasteiger partial charge is 0.494 e. The van der Waals surface area contributed by atoms with E-state index in [0.717, 1.165) is 0 Å². The van der Waals surface area contributed by atoms with Gasteiger partial charge < -0.3 is 9.47 Å². The van der Waals surface area contributed by atoms with E-state index in [1.807, 2.05) is 0 Å². The maximum Gasteiger partial charge on any atom is 0.330 e. The molecule has 0 radical (unpaired) electrons. The van der Waals surface area contributed by atoms with Gasteiger partial charge in [0.05, 0.1) is 23.7 Å². The Morgan fingerprint density at radius 2 is 2.00 bits per heavy atom. The molecule has 0 atom stereocenters. The topological polar surface area (TPSA) is 78.7 Å². The van der Waals surface area contributed by atoms with Crippen LogP contribution >= 0.6 is 0 Å². The van der Waals surface area contributed by atoms with Gasteiger partial charge >= 0.3 is 5.97 Å². The smallest absolute Gasteiger partial charge is 0.330 e. The van der Waals surface area contributed by atoms with Gasteiger partial charge in [-0.25, -0.2) is 4.79 Å². The van der Waals surface area contributed by atoms with Crippen molar-refractivity contribution in [3.05, 3.63) is 52.1 Å². The van der Waals surface area contributed by atoms with Crippen LogP contribution < -0.4 is 0 Å². The van der Waals surface area contributed by atoms with E-state index in [-0.39, 0.29) is 18.1 Å². The maximum atomic E-state index is 11.2. The molecule has 0 unspecified atom stereocenters. The lowest BCUT2D eigenvalue weighted by Crippen LogP contribution is -1.99. The highest BCUT2D eigenvalue weighted by atomic mass is 16.6. The van der Waals surface area contributed by atoms with E-state index in [9.17, 15) is 14.9 Å². The second-order valence-electron chi connectivity index (χ2n) is 3.98. The van der Waals surface area contributed by atoms with Gasteiger partial charge in [0, 0.05) is 12.1 Å². The highest BCUT2D eigenvalue weighted by Crippen LogP contribution is 2.27. The highest BCUT2D eigenvalue weighted by molar-refractivity contribution is 5.87. The SMILES string of the molecule is C=C(OCC)c1ccc(C=CC(=O)OCC)cc1[N+](=O)[O-]. The second kappa shape index (κ2) is 7.84. The molecule has 0 N–H and O–H groups in total. The quantitative estimate of drug-likeness (QED) is 0.253. The second-order valence-corrected chi connectivity index (χ2v) is 3.98. The molecule has 0 saturated carbocycles. The van der Waals surface area contributed by atoms with Crippen molar-refractivity contribution >= 4 is 23.5 Å². The Morgan fingerprint density at radius 3 is 2.57 bits per heavy atom. The summed E-state index contributed by atoms with van der Waals surface area (Å²) >= 11 is 0. The Balaban J connectivity index is 3.06. The zero-order valence-electron chi connectivity index (χ0n) is 12.0. The molecule has 6 heteroatoms. The average Bonchev–Trinajstić information content (AvgIpc) is 2.45. The molecule has 0 saturated heterocycles. The molecule has 1 aromatic rings. The molecular weight excluding hydrogens is 274 g/mol. The zero-order valence-corrected chi connectivity index (χ0v) is 12.0. The first kappa shape index (κ1) is 16.4. The minimum absolute atomic E-state index is 0.126. The number of nitro benzene ring substituents is 1. The molecule has 0 heterocycles. The molecular formula is C15H17NO5. The predicted octanol–water partition coefficient (Wildman–Crippen LogP) is 3.18. The van der Waals surface area contributed by atoms with Gasteiger partial charge in [-0.15, -0.1) is 0 Å². The van der Waals surface area contributed by atoms with Crippen LogP contribution in [0.2, 0.25) is 0 Å². The fourth-order valence-electron chi connectivity index (χ4n) is 1.65. The third kappa shape index (κ3) is 4.76. The van der Waals surface area contributed by atoms with Crippen LogP contribution in [-0.4, -0.2) is 24.1 Å². The normalized spacial score (nSPS) is 10.4. The molecule has 6 nitrogen and oxygen atoms in total. The third-order valence-corrected chi connectivity index (χ3v) is 2.54. The number of benzene rings is 1. The van der Waals surface area contributed by atoms with Gasteiger partial charge in [0.2, 0.25) is 0 Å². The Hall–Kier alpha value is -2.63. The Morgan fingerprint density at radius 1 is 1.33 bits per heavy atom. The molecule has 0 aliphatic heterocycles. The van der Waals surface area contributed by atoms with Gasteiger partial charge in [-0.3, -0.25) is 10.1 Å². The molecule has 1 aromatic carbocycles. The van der Waals surface area contributed by atoms with Crippen LogP contribution in [0.5, 0.6) is 0 Å². The van der Waals surface area contributed by atoms with Gasteiger partial charge in [0.1, 0.15) is 5.76 Å². The number of nitrogens with zero attached hydrogens (tertiary/aromatic N) is 1. The fraction of sp³-hybridized carbons (Fsp3) is 0.267. The Bertz CT molecular complexity index is 577. The number of carbonyl (C=O) groups is 1. The zero-order chi connectivity index (χ0) is 15.8. The number of rotatable bonds is 7. The molecule has 1 rings (SSSR count). The van der Waals surface area contributed by atoms with Crippen LogP contribution in [0, 0.1) is 10.1 Å². The van der Waals surface area contributed by atoms with Crippen LogP contribution in [0.1, 0.15) is 25.0 Å². The summed E-state index contributed by atoms with van der Waals surface area (Å²) in [4.78, 5) is 21.8. The number of ether oxygens (including phenoxy) is 2. The van der Waals surface area contributed by atoms with Crippen molar-refractivity contribution in [3.8, 4) is 0 Å². The number of hydrogen-bond donors (Lipinski definition) is 0. The summed E-state index contributed by atoms with van der Waals surface area (Å²) in [5, 5.41) is 11.1. The van der Waals surface area contributed by atoms with E-state index in [4.69, 9.17) is 9.47 Å². The van der Waals surface area contributed by atoms with Crippen molar-refractivity contribution in [2.24, 2.45) is 0 Å². The standard InChI is InChI=1S/C15H17NO5/c1-4-20-11(3)13-8-6-12(10-14(13)16(18)19)7-9-15(17)21-5-2/h6-10H,3-5H2,1-2H3. The molecule has 112 valence electrons. The van der Waals surface area contributed by atoms with Crippen molar-refractivity contribution in [1.29, 1.82) is 0 Å². The minimum atomic E-state index is -0.513. The number of hydrogen-bond acceptors (Lipinski definition) is 5. The van der Waals surface area contributed by atoms with E-state index in [0.29, 0.717) is 17.7 Å².